The summed E-state index contributed by atoms with van der Waals surface area (Å²) >= 11 is 0. The number of likely N-dealkylation sites (tertiary alicyclic amines) is 1. The van der Waals surface area contributed by atoms with E-state index in [1.807, 2.05) is 12.4 Å². The monoisotopic (exact) mass is 275 g/mol. The molecule has 112 valence electrons. The molecule has 0 aliphatic carbocycles. The molecule has 1 aliphatic heterocycles. The Bertz CT molecular complexity index is 416. The highest BCUT2D eigenvalue weighted by Gasteiger charge is 2.25. The predicted molar refractivity (Wildman–Crippen MR) is 84.5 cm³/mol. The summed E-state index contributed by atoms with van der Waals surface area (Å²) in [5.41, 5.74) is 8.69. The first kappa shape index (κ1) is 15.5. The Labute approximate surface area is 123 Å². The zero-order valence-corrected chi connectivity index (χ0v) is 13.2. The standard InChI is InChI=1S/C17H29N3/c1-13(2)15-5-4-9-20(10-7-15)17(11-18)16-12-19-8-6-14(16)3/h6,8,12-13,15,17H,4-5,7,9-11,18H2,1-3H3. The van der Waals surface area contributed by atoms with Gasteiger partial charge in [-0.2, -0.15) is 0 Å². The summed E-state index contributed by atoms with van der Waals surface area (Å²) in [6.45, 7) is 9.88. The highest BCUT2D eigenvalue weighted by Crippen LogP contribution is 2.29. The summed E-state index contributed by atoms with van der Waals surface area (Å²) < 4.78 is 0. The van der Waals surface area contributed by atoms with Crippen LogP contribution in [0.2, 0.25) is 0 Å². The topological polar surface area (TPSA) is 42.1 Å². The second kappa shape index (κ2) is 7.19. The van der Waals surface area contributed by atoms with Crippen molar-refractivity contribution < 1.29 is 0 Å². The van der Waals surface area contributed by atoms with E-state index in [4.69, 9.17) is 5.73 Å². The zero-order chi connectivity index (χ0) is 14.5. The van der Waals surface area contributed by atoms with Gasteiger partial charge < -0.3 is 5.73 Å². The van der Waals surface area contributed by atoms with E-state index in [0.717, 1.165) is 11.8 Å². The normalized spacial score (nSPS) is 22.8. The van der Waals surface area contributed by atoms with Gasteiger partial charge >= 0.3 is 0 Å². The molecule has 3 nitrogen and oxygen atoms in total. The summed E-state index contributed by atoms with van der Waals surface area (Å²) in [7, 11) is 0. The molecule has 0 saturated carbocycles. The third-order valence-corrected chi connectivity index (χ3v) is 4.85. The van der Waals surface area contributed by atoms with Crippen LogP contribution in [0.25, 0.3) is 0 Å². The average Bonchev–Trinajstić information content (AvgIpc) is 2.68. The molecule has 2 unspecified atom stereocenters. The van der Waals surface area contributed by atoms with Gasteiger partial charge in [-0.1, -0.05) is 13.8 Å². The van der Waals surface area contributed by atoms with Gasteiger partial charge in [0.05, 0.1) is 0 Å². The Morgan fingerprint density at radius 2 is 2.15 bits per heavy atom. The van der Waals surface area contributed by atoms with Crippen molar-refractivity contribution in [1.82, 2.24) is 9.88 Å². The second-order valence-corrected chi connectivity index (χ2v) is 6.45. The van der Waals surface area contributed by atoms with Gasteiger partial charge in [-0.25, -0.2) is 0 Å². The van der Waals surface area contributed by atoms with Crippen molar-refractivity contribution in [3.63, 3.8) is 0 Å². The van der Waals surface area contributed by atoms with Crippen LogP contribution in [0.15, 0.2) is 18.5 Å². The van der Waals surface area contributed by atoms with Crippen LogP contribution in [0.5, 0.6) is 0 Å². The number of aromatic nitrogens is 1. The molecule has 0 spiro atoms. The Morgan fingerprint density at radius 1 is 1.35 bits per heavy atom. The third kappa shape index (κ3) is 3.58. The molecule has 0 amide bonds. The SMILES string of the molecule is Cc1ccncc1C(CN)N1CCCC(C(C)C)CC1. The first-order valence-electron chi connectivity index (χ1n) is 7.98. The van der Waals surface area contributed by atoms with Crippen molar-refractivity contribution in [2.24, 2.45) is 17.6 Å². The Kier molecular flexibility index (Phi) is 5.55. The van der Waals surface area contributed by atoms with Crippen molar-refractivity contribution in [1.29, 1.82) is 0 Å². The first-order valence-corrected chi connectivity index (χ1v) is 7.98. The number of hydrogen-bond donors (Lipinski definition) is 1. The lowest BCUT2D eigenvalue weighted by molar-refractivity contribution is 0.203. The second-order valence-electron chi connectivity index (χ2n) is 6.45. The molecule has 1 aromatic heterocycles. The van der Waals surface area contributed by atoms with Gasteiger partial charge in [0.25, 0.3) is 0 Å². The number of rotatable bonds is 4. The van der Waals surface area contributed by atoms with Gasteiger partial charge in [-0.3, -0.25) is 9.88 Å². The van der Waals surface area contributed by atoms with Crippen molar-refractivity contribution in [3.8, 4) is 0 Å². The summed E-state index contributed by atoms with van der Waals surface area (Å²) in [5.74, 6) is 1.67. The van der Waals surface area contributed by atoms with E-state index in [0.29, 0.717) is 12.6 Å². The van der Waals surface area contributed by atoms with Crippen LogP contribution in [0.4, 0.5) is 0 Å². The first-order chi connectivity index (χ1) is 9.63. The van der Waals surface area contributed by atoms with E-state index in [-0.39, 0.29) is 0 Å². The van der Waals surface area contributed by atoms with Crippen LogP contribution in [0, 0.1) is 18.8 Å². The fourth-order valence-corrected chi connectivity index (χ4v) is 3.42. The maximum atomic E-state index is 6.08. The fourth-order valence-electron chi connectivity index (χ4n) is 3.42. The Morgan fingerprint density at radius 3 is 2.80 bits per heavy atom. The number of nitrogens with zero attached hydrogens (tertiary/aromatic N) is 2. The number of nitrogens with two attached hydrogens (primary N) is 1. The number of aryl methyl sites for hydroxylation is 1. The number of pyridine rings is 1. The van der Waals surface area contributed by atoms with Crippen molar-refractivity contribution >= 4 is 0 Å². The maximum Gasteiger partial charge on any atom is 0.0488 e. The predicted octanol–water partition coefficient (Wildman–Crippen LogP) is 3.15. The average molecular weight is 275 g/mol. The largest absolute Gasteiger partial charge is 0.329 e. The minimum atomic E-state index is 0.328. The van der Waals surface area contributed by atoms with Crippen LogP contribution in [-0.4, -0.2) is 29.5 Å². The van der Waals surface area contributed by atoms with Gasteiger partial charge in [-0.05, 0) is 68.3 Å². The van der Waals surface area contributed by atoms with Crippen molar-refractivity contribution in [2.75, 3.05) is 19.6 Å². The highest BCUT2D eigenvalue weighted by molar-refractivity contribution is 5.25. The summed E-state index contributed by atoms with van der Waals surface area (Å²) in [6.07, 6.45) is 7.81. The molecule has 2 heterocycles. The van der Waals surface area contributed by atoms with Gasteiger partial charge in [0.15, 0.2) is 0 Å². The summed E-state index contributed by atoms with van der Waals surface area (Å²) in [5, 5.41) is 0. The van der Waals surface area contributed by atoms with E-state index >= 15 is 0 Å². The molecule has 0 bridgehead atoms. The molecular weight excluding hydrogens is 246 g/mol. The van der Waals surface area contributed by atoms with Crippen molar-refractivity contribution in [3.05, 3.63) is 29.6 Å². The number of hydrogen-bond acceptors (Lipinski definition) is 3. The molecule has 1 aromatic rings. The van der Waals surface area contributed by atoms with Crippen molar-refractivity contribution in [2.45, 2.75) is 46.1 Å². The van der Waals surface area contributed by atoms with Gasteiger partial charge in [0, 0.05) is 25.0 Å². The molecular formula is C17H29N3. The zero-order valence-electron chi connectivity index (χ0n) is 13.2. The van der Waals surface area contributed by atoms with Gasteiger partial charge in [0.1, 0.15) is 0 Å². The summed E-state index contributed by atoms with van der Waals surface area (Å²) in [6, 6.07) is 2.42. The smallest absolute Gasteiger partial charge is 0.0488 e. The molecule has 2 atom stereocenters. The van der Waals surface area contributed by atoms with Gasteiger partial charge in [0.2, 0.25) is 0 Å². The Hall–Kier alpha value is -0.930. The van der Waals surface area contributed by atoms with E-state index in [9.17, 15) is 0 Å². The van der Waals surface area contributed by atoms with Gasteiger partial charge in [-0.15, -0.1) is 0 Å². The summed E-state index contributed by atoms with van der Waals surface area (Å²) in [4.78, 5) is 6.87. The van der Waals surface area contributed by atoms with Crippen LogP contribution in [0.1, 0.15) is 50.3 Å². The lowest BCUT2D eigenvalue weighted by Crippen LogP contribution is -2.35. The van der Waals surface area contributed by atoms with E-state index in [2.05, 4.69) is 36.7 Å². The molecule has 1 fully saturated rings. The molecule has 20 heavy (non-hydrogen) atoms. The molecule has 2 N–H and O–H groups in total. The maximum absolute atomic E-state index is 6.08. The molecule has 3 heteroatoms. The van der Waals surface area contributed by atoms with Crippen LogP contribution in [-0.2, 0) is 0 Å². The highest BCUT2D eigenvalue weighted by atomic mass is 15.2. The minimum absolute atomic E-state index is 0.328. The van der Waals surface area contributed by atoms with E-state index in [1.54, 1.807) is 0 Å². The molecule has 1 saturated heterocycles. The lowest BCUT2D eigenvalue weighted by Gasteiger charge is -2.31. The fraction of sp³-hybridized carbons (Fsp3) is 0.706. The Balaban J connectivity index is 2.10. The van der Waals surface area contributed by atoms with Crippen LogP contribution < -0.4 is 5.73 Å². The van der Waals surface area contributed by atoms with E-state index in [1.165, 1.54) is 43.5 Å². The molecule has 0 radical (unpaired) electrons. The van der Waals surface area contributed by atoms with Crippen LogP contribution in [0.3, 0.4) is 0 Å². The third-order valence-electron chi connectivity index (χ3n) is 4.85. The quantitative estimate of drug-likeness (QED) is 0.918. The molecule has 1 aliphatic rings. The van der Waals surface area contributed by atoms with E-state index < -0.39 is 0 Å². The molecule has 0 aromatic carbocycles. The lowest BCUT2D eigenvalue weighted by atomic mass is 9.89. The molecule has 2 rings (SSSR count). The minimum Gasteiger partial charge on any atom is -0.329 e. The van der Waals surface area contributed by atoms with Crippen LogP contribution >= 0.6 is 0 Å².